The van der Waals surface area contributed by atoms with Gasteiger partial charge in [0.15, 0.2) is 0 Å². The Bertz CT molecular complexity index is 275. The summed E-state index contributed by atoms with van der Waals surface area (Å²) in [6.45, 7) is 0. The zero-order chi connectivity index (χ0) is 7.97. The van der Waals surface area contributed by atoms with Gasteiger partial charge in [-0.25, -0.2) is 0 Å². The first kappa shape index (κ1) is 10.3. The number of rotatable bonds is 2. The van der Waals surface area contributed by atoms with E-state index in [4.69, 9.17) is 0 Å². The van der Waals surface area contributed by atoms with E-state index in [-0.39, 0.29) is 51.4 Å². The summed E-state index contributed by atoms with van der Waals surface area (Å²) in [5.41, 5.74) is 2.62. The van der Waals surface area contributed by atoms with Crippen molar-refractivity contribution in [3.05, 3.63) is 36.0 Å². The van der Waals surface area contributed by atoms with Crippen LogP contribution >= 0.6 is 0 Å². The second-order valence-corrected chi connectivity index (χ2v) is 3.84. The molecule has 2 fully saturated rings. The van der Waals surface area contributed by atoms with Crippen molar-refractivity contribution < 1.29 is 51.4 Å². The second-order valence-electron chi connectivity index (χ2n) is 3.84. The summed E-state index contributed by atoms with van der Waals surface area (Å²) < 4.78 is 0. The van der Waals surface area contributed by atoms with Gasteiger partial charge in [-0.15, -0.1) is 0 Å². The van der Waals surface area contributed by atoms with Gasteiger partial charge in [-0.05, 0) is 25.0 Å². The Morgan fingerprint density at radius 1 is 1.23 bits per heavy atom. The molecule has 2 aliphatic rings. The second kappa shape index (κ2) is 4.11. The predicted octanol–water partition coefficient (Wildman–Crippen LogP) is -0.345. The maximum atomic E-state index is 4.67. The van der Waals surface area contributed by atoms with E-state index in [2.05, 4.69) is 29.6 Å². The smallest absolute Gasteiger partial charge is 0.324 e. The maximum Gasteiger partial charge on any atom is 1.00 e. The number of pyridine rings is 1. The van der Waals surface area contributed by atoms with Gasteiger partial charge in [0.05, 0.1) is 0 Å². The van der Waals surface area contributed by atoms with Crippen molar-refractivity contribution in [2.45, 2.75) is 31.1 Å². The van der Waals surface area contributed by atoms with E-state index >= 15 is 0 Å². The van der Waals surface area contributed by atoms with Crippen molar-refractivity contribution in [2.75, 3.05) is 0 Å². The molecule has 0 N–H and O–H groups in total. The molecular formula is C11H12KN. The molecule has 1 aromatic heterocycles. The summed E-state index contributed by atoms with van der Waals surface area (Å²) >= 11 is 0. The van der Waals surface area contributed by atoms with Crippen LogP contribution in [0.3, 0.4) is 0 Å². The van der Waals surface area contributed by atoms with Crippen molar-refractivity contribution in [1.29, 1.82) is 0 Å². The minimum Gasteiger partial charge on any atom is -0.324 e. The first-order valence-corrected chi connectivity index (χ1v) is 4.73. The average molecular weight is 197 g/mol. The first-order valence-electron chi connectivity index (χ1n) is 4.73. The molecule has 13 heavy (non-hydrogen) atoms. The standard InChI is InChI=1S/C11H12N.K/c1-2-10(8-4-5-8)12-11(3-1)9-6-7-9;/h1-4,8-9H,5-7H2;/q-1;+1/t8-;/m1./s1. The molecule has 2 aliphatic carbocycles. The van der Waals surface area contributed by atoms with Crippen molar-refractivity contribution in [2.24, 2.45) is 0 Å². The molecule has 0 saturated heterocycles. The summed E-state index contributed by atoms with van der Waals surface area (Å²) in [7, 11) is 0. The van der Waals surface area contributed by atoms with E-state index in [0.717, 1.165) is 5.92 Å². The number of aromatic nitrogens is 1. The first-order chi connectivity index (χ1) is 5.93. The maximum absolute atomic E-state index is 4.67. The van der Waals surface area contributed by atoms with Crippen molar-refractivity contribution in [1.82, 2.24) is 4.98 Å². The van der Waals surface area contributed by atoms with E-state index in [1.54, 1.807) is 0 Å². The molecule has 1 heterocycles. The Morgan fingerprint density at radius 2 is 1.92 bits per heavy atom. The molecule has 0 radical (unpaired) electrons. The molecule has 1 aromatic rings. The van der Waals surface area contributed by atoms with Crippen molar-refractivity contribution in [3.63, 3.8) is 0 Å². The van der Waals surface area contributed by atoms with Gasteiger partial charge in [-0.3, -0.25) is 4.98 Å². The fraction of sp³-hybridized carbons (Fsp3) is 0.455. The predicted molar refractivity (Wildman–Crippen MR) is 47.9 cm³/mol. The Labute approximate surface area is 122 Å². The molecule has 2 heteroatoms. The molecular weight excluding hydrogens is 185 g/mol. The fourth-order valence-corrected chi connectivity index (χ4v) is 1.59. The van der Waals surface area contributed by atoms with Gasteiger partial charge in [0.1, 0.15) is 0 Å². The normalized spacial score (nSPS) is 25.1. The van der Waals surface area contributed by atoms with Gasteiger partial charge in [-0.2, -0.15) is 12.3 Å². The zero-order valence-corrected chi connectivity index (χ0v) is 11.2. The molecule has 0 amide bonds. The molecule has 0 bridgehead atoms. The van der Waals surface area contributed by atoms with Crippen LogP contribution in [0.15, 0.2) is 18.2 Å². The number of hydrogen-bond donors (Lipinski definition) is 0. The molecule has 1 atom stereocenters. The quantitative estimate of drug-likeness (QED) is 0.467. The zero-order valence-electron chi connectivity index (χ0n) is 8.03. The van der Waals surface area contributed by atoms with Crippen LogP contribution in [-0.4, -0.2) is 4.98 Å². The van der Waals surface area contributed by atoms with Gasteiger partial charge >= 0.3 is 51.4 Å². The van der Waals surface area contributed by atoms with Crippen LogP contribution < -0.4 is 51.4 Å². The summed E-state index contributed by atoms with van der Waals surface area (Å²) in [5, 5.41) is 0. The van der Waals surface area contributed by atoms with E-state index in [0.29, 0.717) is 5.92 Å². The van der Waals surface area contributed by atoms with E-state index < -0.39 is 0 Å². The van der Waals surface area contributed by atoms with E-state index in [9.17, 15) is 0 Å². The number of nitrogens with zero attached hydrogens (tertiary/aromatic N) is 1. The number of hydrogen-bond acceptors (Lipinski definition) is 1. The molecule has 3 rings (SSSR count). The third-order valence-corrected chi connectivity index (χ3v) is 2.64. The van der Waals surface area contributed by atoms with E-state index in [1.165, 1.54) is 30.7 Å². The summed E-state index contributed by atoms with van der Waals surface area (Å²) in [5.74, 6) is 1.48. The SMILES string of the molecule is [K+].c1cc(C2CC2)nc([C@@H]2[CH-]C2)c1. The molecule has 0 spiro atoms. The van der Waals surface area contributed by atoms with Gasteiger partial charge < -0.3 is 6.42 Å². The third-order valence-electron chi connectivity index (χ3n) is 2.64. The van der Waals surface area contributed by atoms with Crippen LogP contribution in [0.1, 0.15) is 42.5 Å². The summed E-state index contributed by atoms with van der Waals surface area (Å²) in [4.78, 5) is 4.67. The molecule has 0 aliphatic heterocycles. The van der Waals surface area contributed by atoms with Gasteiger partial charge in [0, 0.05) is 17.3 Å². The molecule has 0 aromatic carbocycles. The molecule has 0 unspecified atom stereocenters. The summed E-state index contributed by atoms with van der Waals surface area (Å²) in [6, 6.07) is 6.48. The average Bonchev–Trinajstić information content (AvgIpc) is 2.98. The van der Waals surface area contributed by atoms with Crippen LogP contribution in [0.2, 0.25) is 0 Å². The molecule has 2 saturated carbocycles. The van der Waals surface area contributed by atoms with Crippen LogP contribution in [0.5, 0.6) is 0 Å². The Balaban J connectivity index is 0.000000653. The monoisotopic (exact) mass is 197 g/mol. The fourth-order valence-electron chi connectivity index (χ4n) is 1.59. The van der Waals surface area contributed by atoms with Crippen LogP contribution in [0, 0.1) is 6.42 Å². The van der Waals surface area contributed by atoms with Crippen LogP contribution in [-0.2, 0) is 0 Å². The minimum absolute atomic E-state index is 0. The van der Waals surface area contributed by atoms with E-state index in [1.807, 2.05) is 0 Å². The van der Waals surface area contributed by atoms with Gasteiger partial charge in [0.2, 0.25) is 0 Å². The van der Waals surface area contributed by atoms with Crippen LogP contribution in [0.4, 0.5) is 0 Å². The van der Waals surface area contributed by atoms with Crippen molar-refractivity contribution >= 4 is 0 Å². The van der Waals surface area contributed by atoms with Crippen LogP contribution in [0.25, 0.3) is 0 Å². The topological polar surface area (TPSA) is 12.9 Å². The largest absolute Gasteiger partial charge is 1.00 e. The molecule has 1 nitrogen and oxygen atoms in total. The summed E-state index contributed by atoms with van der Waals surface area (Å²) in [6.07, 6.45) is 6.26. The molecule has 62 valence electrons. The third kappa shape index (κ3) is 2.42. The Kier molecular flexibility index (Phi) is 3.26. The minimum atomic E-state index is 0. The Morgan fingerprint density at radius 3 is 2.54 bits per heavy atom. The Hall–Kier alpha value is 0.786. The van der Waals surface area contributed by atoms with Gasteiger partial charge in [-0.1, -0.05) is 6.07 Å². The van der Waals surface area contributed by atoms with Crippen molar-refractivity contribution in [3.8, 4) is 0 Å². The van der Waals surface area contributed by atoms with Gasteiger partial charge in [0.25, 0.3) is 0 Å².